The minimum atomic E-state index is -1.16. The first-order chi connectivity index (χ1) is 12.9. The van der Waals surface area contributed by atoms with Crippen LogP contribution in [0.3, 0.4) is 0 Å². The van der Waals surface area contributed by atoms with Crippen molar-refractivity contribution < 1.29 is 24.2 Å². The van der Waals surface area contributed by atoms with Gasteiger partial charge in [0.25, 0.3) is 5.91 Å². The highest BCUT2D eigenvalue weighted by molar-refractivity contribution is 7.98. The third kappa shape index (κ3) is 7.42. The number of aliphatic carboxylic acids is 1. The molecule has 9 heteroatoms. The van der Waals surface area contributed by atoms with Crippen molar-refractivity contribution in [3.8, 4) is 6.07 Å². The molecule has 0 saturated carbocycles. The summed E-state index contributed by atoms with van der Waals surface area (Å²) in [5.41, 5.74) is 0.656. The van der Waals surface area contributed by atoms with E-state index in [0.29, 0.717) is 17.0 Å². The van der Waals surface area contributed by atoms with Gasteiger partial charge in [-0.1, -0.05) is 0 Å². The summed E-state index contributed by atoms with van der Waals surface area (Å²) in [6, 6.07) is 6.94. The minimum absolute atomic E-state index is 0.254. The summed E-state index contributed by atoms with van der Waals surface area (Å²) in [6.45, 7) is 1.99. The van der Waals surface area contributed by atoms with Gasteiger partial charge >= 0.3 is 11.9 Å². The number of ether oxygens (including phenoxy) is 1. The van der Waals surface area contributed by atoms with Crippen molar-refractivity contribution in [2.75, 3.05) is 23.9 Å². The standard InChI is InChI=1S/C18H21N3O5S/c1-3-26-18(25)12-4-6-14(7-5-12)20-11-13(10-19)16(22)21-15(17(23)24)8-9-27-2/h4-7,11,15,20H,3,8-9H2,1-2H3,(H,21,22)(H,23,24)/b13-11-. The Morgan fingerprint density at radius 2 is 2.00 bits per heavy atom. The second-order valence-corrected chi connectivity index (χ2v) is 6.24. The Morgan fingerprint density at radius 1 is 1.33 bits per heavy atom. The van der Waals surface area contributed by atoms with Gasteiger partial charge in [-0.25, -0.2) is 9.59 Å². The summed E-state index contributed by atoms with van der Waals surface area (Å²) >= 11 is 1.46. The molecule has 0 bridgehead atoms. The van der Waals surface area contributed by atoms with Crippen molar-refractivity contribution >= 4 is 35.3 Å². The number of nitrogens with zero attached hydrogens (tertiary/aromatic N) is 1. The number of carbonyl (C=O) groups is 3. The van der Waals surface area contributed by atoms with Gasteiger partial charge in [-0.2, -0.15) is 17.0 Å². The summed E-state index contributed by atoms with van der Waals surface area (Å²) in [4.78, 5) is 34.9. The number of carbonyl (C=O) groups excluding carboxylic acids is 2. The van der Waals surface area contributed by atoms with Crippen LogP contribution in [0.2, 0.25) is 0 Å². The number of nitrogens with one attached hydrogen (secondary N) is 2. The van der Waals surface area contributed by atoms with Crippen LogP contribution in [0, 0.1) is 11.3 Å². The molecule has 0 aliphatic carbocycles. The maximum absolute atomic E-state index is 12.1. The lowest BCUT2D eigenvalue weighted by Gasteiger charge is -2.13. The highest BCUT2D eigenvalue weighted by atomic mass is 32.2. The molecule has 0 aliphatic heterocycles. The van der Waals surface area contributed by atoms with Gasteiger partial charge in [0.2, 0.25) is 0 Å². The Morgan fingerprint density at radius 3 is 2.52 bits per heavy atom. The number of nitriles is 1. The van der Waals surface area contributed by atoms with Crippen molar-refractivity contribution in [1.82, 2.24) is 5.32 Å². The molecule has 1 unspecified atom stereocenters. The van der Waals surface area contributed by atoms with E-state index in [9.17, 15) is 14.4 Å². The fourth-order valence-electron chi connectivity index (χ4n) is 1.95. The summed E-state index contributed by atoms with van der Waals surface area (Å²) in [7, 11) is 0. The van der Waals surface area contributed by atoms with Gasteiger partial charge in [0.1, 0.15) is 17.7 Å². The molecular formula is C18H21N3O5S. The van der Waals surface area contributed by atoms with E-state index in [1.807, 2.05) is 6.26 Å². The van der Waals surface area contributed by atoms with Crippen LogP contribution in [0.1, 0.15) is 23.7 Å². The first-order valence-electron chi connectivity index (χ1n) is 8.09. The number of carboxylic acids is 1. The Labute approximate surface area is 161 Å². The van der Waals surface area contributed by atoms with E-state index in [1.165, 1.54) is 18.0 Å². The average Bonchev–Trinajstić information content (AvgIpc) is 2.66. The van der Waals surface area contributed by atoms with E-state index in [4.69, 9.17) is 15.1 Å². The van der Waals surface area contributed by atoms with Crippen LogP contribution in [0.4, 0.5) is 5.69 Å². The Bertz CT molecular complexity index is 740. The molecule has 1 rings (SSSR count). The lowest BCUT2D eigenvalue weighted by Crippen LogP contribution is -2.41. The van der Waals surface area contributed by atoms with Crippen molar-refractivity contribution in [3.05, 3.63) is 41.6 Å². The average molecular weight is 391 g/mol. The Hall–Kier alpha value is -2.99. The van der Waals surface area contributed by atoms with Gasteiger partial charge in [-0.05, 0) is 49.6 Å². The summed E-state index contributed by atoms with van der Waals surface area (Å²) in [6.07, 6.45) is 3.27. The number of hydrogen-bond acceptors (Lipinski definition) is 7. The Balaban J connectivity index is 2.76. The molecule has 3 N–H and O–H groups in total. The zero-order valence-corrected chi connectivity index (χ0v) is 15.8. The summed E-state index contributed by atoms with van der Waals surface area (Å²) in [5, 5.41) is 23.4. The zero-order valence-electron chi connectivity index (χ0n) is 15.0. The normalized spacial score (nSPS) is 11.8. The maximum Gasteiger partial charge on any atom is 0.338 e. The van der Waals surface area contributed by atoms with E-state index >= 15 is 0 Å². The van der Waals surface area contributed by atoms with Crippen molar-refractivity contribution in [3.63, 3.8) is 0 Å². The van der Waals surface area contributed by atoms with Crippen LogP contribution in [0.5, 0.6) is 0 Å². The minimum Gasteiger partial charge on any atom is -0.480 e. The van der Waals surface area contributed by atoms with Crippen LogP contribution in [-0.4, -0.2) is 47.6 Å². The van der Waals surface area contributed by atoms with Crippen LogP contribution < -0.4 is 10.6 Å². The van der Waals surface area contributed by atoms with Crippen molar-refractivity contribution in [1.29, 1.82) is 5.26 Å². The van der Waals surface area contributed by atoms with E-state index in [2.05, 4.69) is 10.6 Å². The van der Waals surface area contributed by atoms with Crippen LogP contribution in [0.15, 0.2) is 36.0 Å². The molecule has 0 aromatic heterocycles. The lowest BCUT2D eigenvalue weighted by atomic mass is 10.2. The number of hydrogen-bond donors (Lipinski definition) is 3. The number of anilines is 1. The molecule has 144 valence electrons. The quantitative estimate of drug-likeness (QED) is 0.314. The van der Waals surface area contributed by atoms with E-state index in [-0.39, 0.29) is 18.6 Å². The second kappa shape index (κ2) is 11.6. The smallest absolute Gasteiger partial charge is 0.338 e. The van der Waals surface area contributed by atoms with E-state index < -0.39 is 23.9 Å². The zero-order chi connectivity index (χ0) is 20.2. The predicted octanol–water partition coefficient (Wildman–Crippen LogP) is 2.01. The molecule has 0 heterocycles. The number of carboxylic acid groups (broad SMARTS) is 1. The van der Waals surface area contributed by atoms with Gasteiger partial charge in [0.15, 0.2) is 0 Å². The number of amides is 1. The summed E-state index contributed by atoms with van der Waals surface area (Å²) in [5.74, 6) is -1.81. The number of esters is 1. The molecule has 27 heavy (non-hydrogen) atoms. The van der Waals surface area contributed by atoms with Gasteiger partial charge in [0, 0.05) is 11.9 Å². The SMILES string of the molecule is CCOC(=O)c1ccc(N/C=C(/C#N)C(=O)NC(CCSC)C(=O)O)cc1. The predicted molar refractivity (Wildman–Crippen MR) is 102 cm³/mol. The Kier molecular flexibility index (Phi) is 9.47. The van der Waals surface area contributed by atoms with Gasteiger partial charge < -0.3 is 20.5 Å². The lowest BCUT2D eigenvalue weighted by molar-refractivity contribution is -0.141. The molecule has 8 nitrogen and oxygen atoms in total. The monoisotopic (exact) mass is 391 g/mol. The second-order valence-electron chi connectivity index (χ2n) is 5.26. The fraction of sp³-hybridized carbons (Fsp3) is 0.333. The van der Waals surface area contributed by atoms with Gasteiger partial charge in [0.05, 0.1) is 12.2 Å². The number of rotatable bonds is 10. The van der Waals surface area contributed by atoms with E-state index in [0.717, 1.165) is 0 Å². The molecule has 0 aliphatic rings. The molecule has 1 aromatic rings. The first kappa shape index (κ1) is 22.1. The van der Waals surface area contributed by atoms with Crippen LogP contribution in [-0.2, 0) is 14.3 Å². The molecule has 1 aromatic carbocycles. The molecular weight excluding hydrogens is 370 g/mol. The third-order valence-electron chi connectivity index (χ3n) is 3.36. The molecule has 0 radical (unpaired) electrons. The van der Waals surface area contributed by atoms with Gasteiger partial charge in [-0.3, -0.25) is 4.79 Å². The molecule has 0 fully saturated rings. The number of benzene rings is 1. The fourth-order valence-corrected chi connectivity index (χ4v) is 2.42. The largest absolute Gasteiger partial charge is 0.480 e. The highest BCUT2D eigenvalue weighted by Crippen LogP contribution is 2.11. The topological polar surface area (TPSA) is 129 Å². The van der Waals surface area contributed by atoms with Crippen molar-refractivity contribution in [2.24, 2.45) is 0 Å². The molecule has 1 atom stereocenters. The third-order valence-corrected chi connectivity index (χ3v) is 4.00. The highest BCUT2D eigenvalue weighted by Gasteiger charge is 2.21. The molecule has 0 spiro atoms. The van der Waals surface area contributed by atoms with Crippen LogP contribution in [0.25, 0.3) is 0 Å². The maximum atomic E-state index is 12.1. The van der Waals surface area contributed by atoms with E-state index in [1.54, 1.807) is 37.3 Å². The van der Waals surface area contributed by atoms with Gasteiger partial charge in [-0.15, -0.1) is 0 Å². The van der Waals surface area contributed by atoms with Crippen LogP contribution >= 0.6 is 11.8 Å². The summed E-state index contributed by atoms with van der Waals surface area (Å²) < 4.78 is 4.88. The molecule has 0 saturated heterocycles. The van der Waals surface area contributed by atoms with Crippen molar-refractivity contribution in [2.45, 2.75) is 19.4 Å². The number of thioether (sulfide) groups is 1. The molecule has 1 amide bonds. The first-order valence-corrected chi connectivity index (χ1v) is 9.48.